The van der Waals surface area contributed by atoms with Crippen LogP contribution in [0.15, 0.2) is 53.0 Å². The average molecular weight is 345 g/mol. The van der Waals surface area contributed by atoms with Gasteiger partial charge in [-0.25, -0.2) is 0 Å². The van der Waals surface area contributed by atoms with Crippen LogP contribution in [0.4, 0.5) is 0 Å². The lowest BCUT2D eigenvalue weighted by molar-refractivity contribution is 0.170. The average Bonchev–Trinajstić information content (AvgIpc) is 2.90. The molecule has 21 heavy (non-hydrogen) atoms. The van der Waals surface area contributed by atoms with Crippen molar-refractivity contribution in [1.82, 2.24) is 4.90 Å². The molecule has 0 aliphatic carbocycles. The number of nitrogens with zero attached hydrogens (tertiary/aromatic N) is 1. The van der Waals surface area contributed by atoms with Crippen LogP contribution in [-0.2, 0) is 13.1 Å². The Morgan fingerprint density at radius 3 is 2.33 bits per heavy atom. The van der Waals surface area contributed by atoms with Crippen LogP contribution in [0.1, 0.15) is 36.1 Å². The summed E-state index contributed by atoms with van der Waals surface area (Å²) in [5.74, 6) is 0. The fraction of sp³-hybridized carbons (Fsp3) is 0.333. The smallest absolute Gasteiger partial charge is 0.0506 e. The number of benzene rings is 2. The highest BCUT2D eigenvalue weighted by Crippen LogP contribution is 2.34. The molecule has 0 saturated carbocycles. The van der Waals surface area contributed by atoms with Crippen LogP contribution < -0.4 is 5.73 Å². The molecule has 2 nitrogen and oxygen atoms in total. The number of hydrogen-bond donors (Lipinski definition) is 1. The van der Waals surface area contributed by atoms with Gasteiger partial charge >= 0.3 is 0 Å². The molecule has 0 aromatic heterocycles. The van der Waals surface area contributed by atoms with Crippen molar-refractivity contribution in [3.05, 3.63) is 69.7 Å². The maximum atomic E-state index is 6.46. The second kappa shape index (κ2) is 6.30. The van der Waals surface area contributed by atoms with Crippen LogP contribution in [0.5, 0.6) is 0 Å². The predicted molar refractivity (Wildman–Crippen MR) is 90.8 cm³/mol. The minimum atomic E-state index is 0.147. The van der Waals surface area contributed by atoms with Gasteiger partial charge in [-0.2, -0.15) is 0 Å². The predicted octanol–water partition coefficient (Wildman–Crippen LogP) is 4.24. The Bertz CT molecular complexity index is 601. The highest BCUT2D eigenvalue weighted by Gasteiger charge is 2.30. The Kier molecular flexibility index (Phi) is 4.43. The fourth-order valence-corrected chi connectivity index (χ4v) is 3.62. The molecule has 0 radical (unpaired) electrons. The lowest BCUT2D eigenvalue weighted by atomic mass is 9.96. The van der Waals surface area contributed by atoms with Gasteiger partial charge in [0.2, 0.25) is 0 Å². The molecule has 2 N–H and O–H groups in total. The first-order chi connectivity index (χ1) is 10.2. The normalized spacial score (nSPS) is 17.5. The van der Waals surface area contributed by atoms with Gasteiger partial charge in [-0.1, -0.05) is 59.3 Å². The van der Waals surface area contributed by atoms with Gasteiger partial charge in [0.25, 0.3) is 0 Å². The molecule has 2 aromatic carbocycles. The van der Waals surface area contributed by atoms with E-state index in [0.717, 1.165) is 24.0 Å². The van der Waals surface area contributed by atoms with Crippen LogP contribution in [-0.4, -0.2) is 10.9 Å². The minimum absolute atomic E-state index is 0.147. The zero-order valence-corrected chi connectivity index (χ0v) is 13.9. The largest absolute Gasteiger partial charge is 0.326 e. The van der Waals surface area contributed by atoms with Crippen LogP contribution in [0.25, 0.3) is 0 Å². The third kappa shape index (κ3) is 3.05. The van der Waals surface area contributed by atoms with Crippen molar-refractivity contribution in [3.63, 3.8) is 0 Å². The third-order valence-electron chi connectivity index (χ3n) is 4.33. The molecule has 3 rings (SSSR count). The van der Waals surface area contributed by atoms with E-state index in [1.807, 2.05) is 0 Å². The Hall–Kier alpha value is -1.16. The Morgan fingerprint density at radius 2 is 1.76 bits per heavy atom. The summed E-state index contributed by atoms with van der Waals surface area (Å²) in [7, 11) is 0. The fourth-order valence-electron chi connectivity index (χ4n) is 3.20. The van der Waals surface area contributed by atoms with E-state index in [0.29, 0.717) is 0 Å². The molecule has 1 aliphatic rings. The molecule has 0 amide bonds. The molecule has 110 valence electrons. The summed E-state index contributed by atoms with van der Waals surface area (Å²) in [5, 5.41) is 0. The third-order valence-corrected chi connectivity index (χ3v) is 4.82. The van der Waals surface area contributed by atoms with E-state index in [-0.39, 0.29) is 12.1 Å². The zero-order chi connectivity index (χ0) is 14.8. The van der Waals surface area contributed by atoms with Crippen molar-refractivity contribution in [2.75, 3.05) is 0 Å². The molecule has 0 fully saturated rings. The SMILES string of the molecule is CCC(N)C(c1cccc(Br)c1)N1Cc2ccccc2C1. The molecule has 1 aliphatic heterocycles. The van der Waals surface area contributed by atoms with Gasteiger partial charge in [-0.15, -0.1) is 0 Å². The summed E-state index contributed by atoms with van der Waals surface area (Å²) in [6, 6.07) is 17.7. The van der Waals surface area contributed by atoms with E-state index in [2.05, 4.69) is 76.3 Å². The molecule has 0 bridgehead atoms. The van der Waals surface area contributed by atoms with Gasteiger partial charge in [0, 0.05) is 23.6 Å². The van der Waals surface area contributed by atoms with Crippen LogP contribution in [0.2, 0.25) is 0 Å². The van der Waals surface area contributed by atoms with E-state index in [1.165, 1.54) is 16.7 Å². The summed E-state index contributed by atoms with van der Waals surface area (Å²) in [6.07, 6.45) is 0.976. The summed E-state index contributed by atoms with van der Waals surface area (Å²) in [6.45, 7) is 4.14. The maximum Gasteiger partial charge on any atom is 0.0506 e. The summed E-state index contributed by atoms with van der Waals surface area (Å²) < 4.78 is 1.12. The first-order valence-corrected chi connectivity index (χ1v) is 8.30. The standard InChI is InChI=1S/C18H21BrN2/c1-2-17(20)18(13-8-5-9-16(19)10-13)21-11-14-6-3-4-7-15(14)12-21/h3-10,17-18H,2,11-12,20H2,1H3. The highest BCUT2D eigenvalue weighted by molar-refractivity contribution is 9.10. The second-order valence-corrected chi connectivity index (χ2v) is 6.66. The van der Waals surface area contributed by atoms with Gasteiger partial charge in [-0.05, 0) is 35.2 Å². The molecule has 0 saturated heterocycles. The van der Waals surface area contributed by atoms with Crippen molar-refractivity contribution in [2.45, 2.75) is 38.5 Å². The summed E-state index contributed by atoms with van der Waals surface area (Å²) >= 11 is 3.58. The van der Waals surface area contributed by atoms with Gasteiger partial charge < -0.3 is 5.73 Å². The summed E-state index contributed by atoms with van der Waals surface area (Å²) in [5.41, 5.74) is 10.6. The monoisotopic (exact) mass is 344 g/mol. The van der Waals surface area contributed by atoms with E-state index >= 15 is 0 Å². The van der Waals surface area contributed by atoms with Crippen molar-refractivity contribution >= 4 is 15.9 Å². The van der Waals surface area contributed by atoms with Crippen molar-refractivity contribution in [1.29, 1.82) is 0 Å². The number of hydrogen-bond acceptors (Lipinski definition) is 2. The molecule has 2 aromatic rings. The van der Waals surface area contributed by atoms with Crippen molar-refractivity contribution < 1.29 is 0 Å². The molecule has 1 heterocycles. The van der Waals surface area contributed by atoms with Crippen LogP contribution in [0.3, 0.4) is 0 Å². The van der Waals surface area contributed by atoms with Gasteiger partial charge in [0.05, 0.1) is 6.04 Å². The lowest BCUT2D eigenvalue weighted by Gasteiger charge is -2.32. The number of fused-ring (bicyclic) bond motifs is 1. The van der Waals surface area contributed by atoms with E-state index < -0.39 is 0 Å². The second-order valence-electron chi connectivity index (χ2n) is 5.75. The van der Waals surface area contributed by atoms with Crippen LogP contribution in [0, 0.1) is 0 Å². The Morgan fingerprint density at radius 1 is 1.10 bits per heavy atom. The Balaban J connectivity index is 1.91. The first-order valence-electron chi connectivity index (χ1n) is 7.51. The quantitative estimate of drug-likeness (QED) is 0.898. The number of nitrogens with two attached hydrogens (primary N) is 1. The Labute approximate surface area is 135 Å². The van der Waals surface area contributed by atoms with Crippen LogP contribution >= 0.6 is 15.9 Å². The maximum absolute atomic E-state index is 6.46. The number of halogens is 1. The van der Waals surface area contributed by atoms with Gasteiger partial charge in [0.15, 0.2) is 0 Å². The van der Waals surface area contributed by atoms with E-state index in [4.69, 9.17) is 5.73 Å². The molecule has 3 heteroatoms. The number of rotatable bonds is 4. The molecule has 0 spiro atoms. The van der Waals surface area contributed by atoms with Crippen molar-refractivity contribution in [3.8, 4) is 0 Å². The molecular formula is C18H21BrN2. The van der Waals surface area contributed by atoms with E-state index in [9.17, 15) is 0 Å². The van der Waals surface area contributed by atoms with Gasteiger partial charge in [-0.3, -0.25) is 4.90 Å². The van der Waals surface area contributed by atoms with Gasteiger partial charge in [0.1, 0.15) is 0 Å². The zero-order valence-electron chi connectivity index (χ0n) is 12.3. The van der Waals surface area contributed by atoms with E-state index in [1.54, 1.807) is 0 Å². The molecule has 2 unspecified atom stereocenters. The first kappa shape index (κ1) is 14.8. The minimum Gasteiger partial charge on any atom is -0.326 e. The summed E-state index contributed by atoms with van der Waals surface area (Å²) in [4.78, 5) is 2.50. The topological polar surface area (TPSA) is 29.3 Å². The molecule has 2 atom stereocenters. The highest BCUT2D eigenvalue weighted by atomic mass is 79.9. The molecular weight excluding hydrogens is 324 g/mol. The lowest BCUT2D eigenvalue weighted by Crippen LogP contribution is -2.38. The van der Waals surface area contributed by atoms with Crippen molar-refractivity contribution in [2.24, 2.45) is 5.73 Å².